The summed E-state index contributed by atoms with van der Waals surface area (Å²) >= 11 is 0. The highest BCUT2D eigenvalue weighted by atomic mass is 15.2. The predicted octanol–water partition coefficient (Wildman–Crippen LogP) is 5.26. The summed E-state index contributed by atoms with van der Waals surface area (Å²) in [5, 5.41) is 3.33. The van der Waals surface area contributed by atoms with Gasteiger partial charge in [-0.3, -0.25) is 0 Å². The number of benzene rings is 2. The van der Waals surface area contributed by atoms with Gasteiger partial charge in [-0.25, -0.2) is 0 Å². The van der Waals surface area contributed by atoms with Crippen LogP contribution in [-0.4, -0.2) is 25.6 Å². The van der Waals surface area contributed by atoms with Crippen LogP contribution in [0.2, 0.25) is 0 Å². The number of nitrogens with one attached hydrogen (secondary N) is 2. The second-order valence-corrected chi connectivity index (χ2v) is 7.44. The number of anilines is 1. The molecule has 0 saturated carbocycles. The van der Waals surface area contributed by atoms with Crippen molar-refractivity contribution in [1.29, 1.82) is 0 Å². The summed E-state index contributed by atoms with van der Waals surface area (Å²) in [6, 6.07) is 17.8. The van der Waals surface area contributed by atoms with E-state index in [9.17, 15) is 0 Å². The zero-order valence-corrected chi connectivity index (χ0v) is 16.5. The first kappa shape index (κ1) is 17.6. The van der Waals surface area contributed by atoms with Crippen LogP contribution in [0.5, 0.6) is 0 Å². The molecule has 1 aromatic heterocycles. The SMILES string of the molecule is CNC(C)c1cccc(C2=Cc3c(-c4ccccc4C)c[nH]c3N(C)C2)c1. The van der Waals surface area contributed by atoms with E-state index >= 15 is 0 Å². The summed E-state index contributed by atoms with van der Waals surface area (Å²) in [5.41, 5.74) is 9.10. The fourth-order valence-corrected chi connectivity index (χ4v) is 3.89. The number of aromatic nitrogens is 1. The molecule has 0 saturated heterocycles. The lowest BCUT2D eigenvalue weighted by Gasteiger charge is -2.26. The van der Waals surface area contributed by atoms with E-state index in [0.29, 0.717) is 6.04 Å². The molecule has 0 bridgehead atoms. The van der Waals surface area contributed by atoms with Gasteiger partial charge in [0, 0.05) is 37.0 Å². The Morgan fingerprint density at radius 3 is 2.67 bits per heavy atom. The summed E-state index contributed by atoms with van der Waals surface area (Å²) in [6.07, 6.45) is 4.50. The summed E-state index contributed by atoms with van der Waals surface area (Å²) in [4.78, 5) is 5.79. The second-order valence-electron chi connectivity index (χ2n) is 7.44. The number of fused-ring (bicyclic) bond motifs is 1. The van der Waals surface area contributed by atoms with Crippen molar-refractivity contribution in [2.45, 2.75) is 19.9 Å². The molecule has 1 aliphatic rings. The van der Waals surface area contributed by atoms with Gasteiger partial charge >= 0.3 is 0 Å². The molecular formula is C24H27N3. The van der Waals surface area contributed by atoms with Gasteiger partial charge in [-0.1, -0.05) is 42.5 Å². The molecule has 138 valence electrons. The summed E-state index contributed by atoms with van der Waals surface area (Å²) < 4.78 is 0. The molecule has 1 aliphatic heterocycles. The quantitative estimate of drug-likeness (QED) is 0.667. The minimum absolute atomic E-state index is 0.345. The first-order valence-corrected chi connectivity index (χ1v) is 9.55. The monoisotopic (exact) mass is 357 g/mol. The third-order valence-corrected chi connectivity index (χ3v) is 5.63. The minimum Gasteiger partial charge on any atom is -0.356 e. The number of hydrogen-bond acceptors (Lipinski definition) is 2. The van der Waals surface area contributed by atoms with Crippen molar-refractivity contribution >= 4 is 17.5 Å². The van der Waals surface area contributed by atoms with Gasteiger partial charge in [0.25, 0.3) is 0 Å². The molecule has 0 radical (unpaired) electrons. The highest BCUT2D eigenvalue weighted by molar-refractivity contribution is 5.96. The fraction of sp³-hybridized carbons (Fsp3) is 0.250. The number of hydrogen-bond donors (Lipinski definition) is 2. The normalized spacial score (nSPS) is 14.7. The molecule has 3 nitrogen and oxygen atoms in total. The molecule has 2 heterocycles. The maximum absolute atomic E-state index is 3.48. The molecule has 3 aromatic rings. The van der Waals surface area contributed by atoms with Crippen LogP contribution in [-0.2, 0) is 0 Å². The van der Waals surface area contributed by atoms with Gasteiger partial charge in [-0.2, -0.15) is 0 Å². The van der Waals surface area contributed by atoms with Crippen molar-refractivity contribution in [3.8, 4) is 11.1 Å². The predicted molar refractivity (Wildman–Crippen MR) is 116 cm³/mol. The largest absolute Gasteiger partial charge is 0.356 e. The van der Waals surface area contributed by atoms with Crippen LogP contribution < -0.4 is 10.2 Å². The smallest absolute Gasteiger partial charge is 0.113 e. The Morgan fingerprint density at radius 2 is 1.89 bits per heavy atom. The number of aryl methyl sites for hydroxylation is 1. The lowest BCUT2D eigenvalue weighted by molar-refractivity contribution is 0.652. The zero-order valence-electron chi connectivity index (χ0n) is 16.5. The number of likely N-dealkylation sites (N-methyl/N-ethyl adjacent to an activating group) is 1. The van der Waals surface area contributed by atoms with Gasteiger partial charge in [-0.15, -0.1) is 0 Å². The van der Waals surface area contributed by atoms with E-state index in [1.54, 1.807) is 0 Å². The first-order valence-electron chi connectivity index (χ1n) is 9.55. The van der Waals surface area contributed by atoms with Crippen molar-refractivity contribution in [3.63, 3.8) is 0 Å². The molecule has 1 unspecified atom stereocenters. The van der Waals surface area contributed by atoms with Crippen LogP contribution >= 0.6 is 0 Å². The van der Waals surface area contributed by atoms with Crippen LogP contribution in [0.15, 0.2) is 54.7 Å². The molecule has 3 heteroatoms. The van der Waals surface area contributed by atoms with Crippen molar-refractivity contribution in [2.75, 3.05) is 25.5 Å². The number of nitrogens with zero attached hydrogens (tertiary/aromatic N) is 1. The topological polar surface area (TPSA) is 31.1 Å². The van der Waals surface area contributed by atoms with Gasteiger partial charge in [0.1, 0.15) is 5.82 Å². The summed E-state index contributed by atoms with van der Waals surface area (Å²) in [6.45, 7) is 5.27. The minimum atomic E-state index is 0.345. The molecule has 0 fully saturated rings. The highest BCUT2D eigenvalue weighted by Gasteiger charge is 2.22. The van der Waals surface area contributed by atoms with Crippen LogP contribution in [0.1, 0.15) is 35.2 Å². The van der Waals surface area contributed by atoms with E-state index in [4.69, 9.17) is 0 Å². The zero-order chi connectivity index (χ0) is 19.0. The second kappa shape index (κ2) is 7.09. The van der Waals surface area contributed by atoms with E-state index in [0.717, 1.165) is 6.54 Å². The average molecular weight is 358 g/mol. The molecule has 2 N–H and O–H groups in total. The van der Waals surface area contributed by atoms with Gasteiger partial charge in [0.05, 0.1) is 0 Å². The van der Waals surface area contributed by atoms with Gasteiger partial charge in [0.2, 0.25) is 0 Å². The molecule has 2 aromatic carbocycles. The lowest BCUT2D eigenvalue weighted by Crippen LogP contribution is -2.23. The van der Waals surface area contributed by atoms with E-state index in [2.05, 4.69) is 96.9 Å². The summed E-state index contributed by atoms with van der Waals surface area (Å²) in [5.74, 6) is 1.19. The third-order valence-electron chi connectivity index (χ3n) is 5.63. The molecular weight excluding hydrogens is 330 g/mol. The summed E-state index contributed by atoms with van der Waals surface area (Å²) in [7, 11) is 4.16. The van der Waals surface area contributed by atoms with Crippen molar-refractivity contribution in [3.05, 3.63) is 77.0 Å². The van der Waals surface area contributed by atoms with Gasteiger partial charge in [-0.05, 0) is 60.9 Å². The molecule has 1 atom stereocenters. The maximum Gasteiger partial charge on any atom is 0.113 e. The van der Waals surface area contributed by atoms with Crippen molar-refractivity contribution in [1.82, 2.24) is 10.3 Å². The third kappa shape index (κ3) is 3.19. The Bertz CT molecular complexity index is 996. The van der Waals surface area contributed by atoms with E-state index in [1.165, 1.54) is 44.8 Å². The fourth-order valence-electron chi connectivity index (χ4n) is 3.89. The number of H-pyrrole nitrogens is 1. The molecule has 0 amide bonds. The Morgan fingerprint density at radius 1 is 1.07 bits per heavy atom. The van der Waals surface area contributed by atoms with Crippen molar-refractivity contribution in [2.24, 2.45) is 0 Å². The number of rotatable bonds is 4. The maximum atomic E-state index is 3.48. The Labute approximate surface area is 161 Å². The van der Waals surface area contributed by atoms with Crippen LogP contribution in [0, 0.1) is 6.92 Å². The van der Waals surface area contributed by atoms with Crippen LogP contribution in [0.4, 0.5) is 5.82 Å². The van der Waals surface area contributed by atoms with Crippen molar-refractivity contribution < 1.29 is 0 Å². The lowest BCUT2D eigenvalue weighted by atomic mass is 9.93. The molecule has 0 aliphatic carbocycles. The standard InChI is InChI=1S/C24H27N3/c1-16-8-5-6-11-21(16)23-14-26-24-22(23)13-20(15-27(24)4)19-10-7-9-18(12-19)17(2)25-3/h5-14,17,25-26H,15H2,1-4H3. The molecule has 27 heavy (non-hydrogen) atoms. The van der Waals surface area contributed by atoms with E-state index in [1.807, 2.05) is 7.05 Å². The Hall–Kier alpha value is -2.78. The van der Waals surface area contributed by atoms with Crippen LogP contribution in [0.25, 0.3) is 22.8 Å². The molecule has 0 spiro atoms. The number of aromatic amines is 1. The molecule has 4 rings (SSSR count). The Balaban J connectivity index is 1.81. The highest BCUT2D eigenvalue weighted by Crippen LogP contribution is 2.39. The average Bonchev–Trinajstić information content (AvgIpc) is 3.12. The van der Waals surface area contributed by atoms with E-state index in [-0.39, 0.29) is 0 Å². The van der Waals surface area contributed by atoms with Crippen LogP contribution in [0.3, 0.4) is 0 Å². The van der Waals surface area contributed by atoms with Gasteiger partial charge < -0.3 is 15.2 Å². The Kier molecular flexibility index (Phi) is 4.63. The van der Waals surface area contributed by atoms with Gasteiger partial charge in [0.15, 0.2) is 0 Å². The first-order chi connectivity index (χ1) is 13.1. The van der Waals surface area contributed by atoms with E-state index < -0.39 is 0 Å².